The zero-order valence-electron chi connectivity index (χ0n) is 14.3. The zero-order valence-corrected chi connectivity index (χ0v) is 14.3. The summed E-state index contributed by atoms with van der Waals surface area (Å²) in [5.74, 6) is 5.97. The van der Waals surface area contributed by atoms with Crippen LogP contribution in [0.3, 0.4) is 0 Å². The fraction of sp³-hybridized carbons (Fsp3) is 0.905. The lowest BCUT2D eigenvalue weighted by Crippen LogP contribution is -2.49. The van der Waals surface area contributed by atoms with Crippen molar-refractivity contribution in [3.8, 4) is 0 Å². The van der Waals surface area contributed by atoms with E-state index in [1.165, 1.54) is 76.4 Å². The van der Waals surface area contributed by atoms with E-state index in [-0.39, 0.29) is 5.60 Å². The van der Waals surface area contributed by atoms with E-state index >= 15 is 0 Å². The second kappa shape index (κ2) is 4.54. The Balaban J connectivity index is 1.38. The standard InChI is InChI=1S/C21H32O/c1-3-21(13-15-4-5-19(21)9-15)22-14(2)20-10-16-6-17(11-20)8-18(7-16)12-20/h15-19H,2-13H2,1H3/t15-,16?,17?,18?,19+,20?,21+/m0/s1. The van der Waals surface area contributed by atoms with Crippen molar-refractivity contribution < 1.29 is 4.74 Å². The van der Waals surface area contributed by atoms with Crippen LogP contribution in [0, 0.1) is 35.0 Å². The van der Waals surface area contributed by atoms with Crippen LogP contribution >= 0.6 is 0 Å². The second-order valence-corrected chi connectivity index (χ2v) is 9.72. The van der Waals surface area contributed by atoms with E-state index in [2.05, 4.69) is 13.5 Å². The first-order chi connectivity index (χ1) is 10.6. The number of rotatable bonds is 4. The van der Waals surface area contributed by atoms with Crippen molar-refractivity contribution >= 4 is 0 Å². The van der Waals surface area contributed by atoms with E-state index in [9.17, 15) is 0 Å². The van der Waals surface area contributed by atoms with Gasteiger partial charge in [-0.25, -0.2) is 0 Å². The average Bonchev–Trinajstić information content (AvgIpc) is 3.07. The summed E-state index contributed by atoms with van der Waals surface area (Å²) in [6.45, 7) is 6.92. The van der Waals surface area contributed by atoms with Crippen LogP contribution in [-0.4, -0.2) is 5.60 Å². The number of allylic oxidation sites excluding steroid dienone is 1. The molecule has 0 heterocycles. The van der Waals surface area contributed by atoms with Gasteiger partial charge in [0.2, 0.25) is 0 Å². The van der Waals surface area contributed by atoms with Crippen molar-refractivity contribution in [3.05, 3.63) is 12.3 Å². The molecule has 0 N–H and O–H groups in total. The Morgan fingerprint density at radius 3 is 2.00 bits per heavy atom. The maximum Gasteiger partial charge on any atom is 0.111 e. The lowest BCUT2D eigenvalue weighted by molar-refractivity contribution is -0.114. The van der Waals surface area contributed by atoms with Crippen LogP contribution in [0.1, 0.15) is 77.6 Å². The van der Waals surface area contributed by atoms with Crippen LogP contribution in [0.15, 0.2) is 12.3 Å². The predicted molar refractivity (Wildman–Crippen MR) is 89.3 cm³/mol. The van der Waals surface area contributed by atoms with Gasteiger partial charge in [0.05, 0.1) is 5.76 Å². The molecule has 0 spiro atoms. The number of hydrogen-bond acceptors (Lipinski definition) is 1. The Kier molecular flexibility index (Phi) is 2.88. The summed E-state index contributed by atoms with van der Waals surface area (Å²) in [7, 11) is 0. The van der Waals surface area contributed by atoms with Gasteiger partial charge in [-0.15, -0.1) is 0 Å². The fourth-order valence-electron chi connectivity index (χ4n) is 7.83. The van der Waals surface area contributed by atoms with Crippen LogP contribution in [0.5, 0.6) is 0 Å². The van der Waals surface area contributed by atoms with Crippen molar-refractivity contribution in [2.45, 2.75) is 83.2 Å². The fourth-order valence-corrected chi connectivity index (χ4v) is 7.83. The molecule has 6 aliphatic rings. The van der Waals surface area contributed by atoms with Crippen LogP contribution in [0.25, 0.3) is 0 Å². The van der Waals surface area contributed by atoms with Gasteiger partial charge in [0.15, 0.2) is 0 Å². The maximum absolute atomic E-state index is 6.87. The molecule has 6 aliphatic carbocycles. The summed E-state index contributed by atoms with van der Waals surface area (Å²) in [6.07, 6.45) is 15.5. The van der Waals surface area contributed by atoms with Crippen molar-refractivity contribution in [1.29, 1.82) is 0 Å². The van der Waals surface area contributed by atoms with E-state index in [0.29, 0.717) is 5.41 Å². The first-order valence-electron chi connectivity index (χ1n) is 9.99. The Morgan fingerprint density at radius 1 is 0.909 bits per heavy atom. The summed E-state index contributed by atoms with van der Waals surface area (Å²) in [6, 6.07) is 0. The molecule has 0 amide bonds. The number of hydrogen-bond donors (Lipinski definition) is 0. The number of ether oxygens (including phenoxy) is 1. The second-order valence-electron chi connectivity index (χ2n) is 9.72. The Bertz CT molecular complexity index is 457. The molecule has 1 nitrogen and oxygen atoms in total. The van der Waals surface area contributed by atoms with Gasteiger partial charge in [0.1, 0.15) is 5.60 Å². The number of fused-ring (bicyclic) bond motifs is 2. The molecule has 122 valence electrons. The first-order valence-corrected chi connectivity index (χ1v) is 9.99. The van der Waals surface area contributed by atoms with Crippen molar-refractivity contribution in [1.82, 2.24) is 0 Å². The third-order valence-corrected chi connectivity index (χ3v) is 8.47. The average molecular weight is 300 g/mol. The van der Waals surface area contributed by atoms with Gasteiger partial charge >= 0.3 is 0 Å². The maximum atomic E-state index is 6.87. The van der Waals surface area contributed by atoms with E-state index < -0.39 is 0 Å². The molecule has 0 saturated heterocycles. The monoisotopic (exact) mass is 300 g/mol. The molecule has 22 heavy (non-hydrogen) atoms. The minimum absolute atomic E-state index is 0.170. The Hall–Kier alpha value is -0.460. The summed E-state index contributed by atoms with van der Waals surface area (Å²) in [5.41, 5.74) is 0.544. The topological polar surface area (TPSA) is 9.23 Å². The Labute approximate surface area is 135 Å². The van der Waals surface area contributed by atoms with E-state index in [0.717, 1.165) is 29.6 Å². The van der Waals surface area contributed by atoms with Gasteiger partial charge in [-0.1, -0.05) is 13.5 Å². The molecule has 0 unspecified atom stereocenters. The largest absolute Gasteiger partial charge is 0.491 e. The van der Waals surface area contributed by atoms with E-state index in [4.69, 9.17) is 4.74 Å². The van der Waals surface area contributed by atoms with Crippen LogP contribution < -0.4 is 0 Å². The zero-order chi connectivity index (χ0) is 14.9. The van der Waals surface area contributed by atoms with Gasteiger partial charge in [-0.05, 0) is 100 Å². The summed E-state index contributed by atoms with van der Waals surface area (Å²) in [5, 5.41) is 0. The molecule has 6 saturated carbocycles. The molecule has 0 aliphatic heterocycles. The minimum atomic E-state index is 0.170. The van der Waals surface area contributed by atoms with Crippen LogP contribution in [0.2, 0.25) is 0 Å². The van der Waals surface area contributed by atoms with E-state index in [1.54, 1.807) is 0 Å². The first kappa shape index (κ1) is 13.9. The molecule has 6 bridgehead atoms. The third kappa shape index (κ3) is 1.83. The van der Waals surface area contributed by atoms with Crippen LogP contribution in [0.4, 0.5) is 0 Å². The molecular formula is C21H32O. The molecule has 6 rings (SSSR count). The van der Waals surface area contributed by atoms with Gasteiger partial charge < -0.3 is 4.74 Å². The normalized spacial score (nSPS) is 54.9. The molecule has 6 fully saturated rings. The van der Waals surface area contributed by atoms with Crippen molar-refractivity contribution in [2.24, 2.45) is 35.0 Å². The molecule has 0 aromatic carbocycles. The molecule has 0 radical (unpaired) electrons. The molecule has 0 aromatic heterocycles. The minimum Gasteiger partial charge on any atom is -0.491 e. The summed E-state index contributed by atoms with van der Waals surface area (Å²) < 4.78 is 6.87. The molecule has 0 aromatic rings. The van der Waals surface area contributed by atoms with Gasteiger partial charge in [0.25, 0.3) is 0 Å². The van der Waals surface area contributed by atoms with Crippen LogP contribution in [-0.2, 0) is 4.74 Å². The quantitative estimate of drug-likeness (QED) is 0.605. The summed E-state index contributed by atoms with van der Waals surface area (Å²) in [4.78, 5) is 0. The lowest BCUT2D eigenvalue weighted by atomic mass is 9.49. The molecule has 3 atom stereocenters. The molecular weight excluding hydrogens is 268 g/mol. The predicted octanol–water partition coefficient (Wildman–Crippen LogP) is 5.70. The SMILES string of the molecule is C=C(O[C@]1(CC)C[C@H]2CC[C@@H]1C2)C12CC3CC(CC(C3)C1)C2. The van der Waals surface area contributed by atoms with E-state index in [1.807, 2.05) is 0 Å². The van der Waals surface area contributed by atoms with Crippen molar-refractivity contribution in [3.63, 3.8) is 0 Å². The van der Waals surface area contributed by atoms with Gasteiger partial charge in [0, 0.05) is 5.41 Å². The highest BCUT2D eigenvalue weighted by molar-refractivity contribution is 5.16. The smallest absolute Gasteiger partial charge is 0.111 e. The lowest BCUT2D eigenvalue weighted by Gasteiger charge is -2.58. The van der Waals surface area contributed by atoms with Crippen molar-refractivity contribution in [2.75, 3.05) is 0 Å². The Morgan fingerprint density at radius 2 is 1.55 bits per heavy atom. The van der Waals surface area contributed by atoms with Gasteiger partial charge in [-0.3, -0.25) is 0 Å². The highest BCUT2D eigenvalue weighted by atomic mass is 16.5. The highest BCUT2D eigenvalue weighted by Gasteiger charge is 2.56. The van der Waals surface area contributed by atoms with Gasteiger partial charge in [-0.2, -0.15) is 0 Å². The third-order valence-electron chi connectivity index (χ3n) is 8.47. The molecule has 1 heteroatoms. The summed E-state index contributed by atoms with van der Waals surface area (Å²) >= 11 is 0. The highest BCUT2D eigenvalue weighted by Crippen LogP contribution is 2.64.